The first-order valence-electron chi connectivity index (χ1n) is 4.83. The number of alkyl halides is 1. The zero-order valence-corrected chi connectivity index (χ0v) is 11.6. The summed E-state index contributed by atoms with van der Waals surface area (Å²) in [6.45, 7) is 3.44. The van der Waals surface area contributed by atoms with Gasteiger partial charge in [-0.1, -0.05) is 23.2 Å². The maximum Gasteiger partial charge on any atom is 0.231 e. The van der Waals surface area contributed by atoms with Crippen LogP contribution in [0.4, 0.5) is 5.69 Å². The molecule has 0 spiro atoms. The fourth-order valence-electron chi connectivity index (χ4n) is 0.999. The van der Waals surface area contributed by atoms with Crippen LogP contribution in [0.25, 0.3) is 0 Å². The van der Waals surface area contributed by atoms with Gasteiger partial charge in [-0.2, -0.15) is 0 Å². The van der Waals surface area contributed by atoms with Crippen LogP contribution in [0.3, 0.4) is 0 Å². The lowest BCUT2D eigenvalue weighted by Gasteiger charge is -2.20. The van der Waals surface area contributed by atoms with Gasteiger partial charge >= 0.3 is 0 Å². The molecule has 0 aliphatic carbocycles. The molecule has 0 aliphatic heterocycles. The van der Waals surface area contributed by atoms with Crippen molar-refractivity contribution in [1.29, 1.82) is 0 Å². The van der Waals surface area contributed by atoms with E-state index in [1.54, 1.807) is 13.8 Å². The van der Waals surface area contributed by atoms with E-state index in [0.29, 0.717) is 5.69 Å². The van der Waals surface area contributed by atoms with E-state index >= 15 is 0 Å². The lowest BCUT2D eigenvalue weighted by molar-refractivity contribution is -0.122. The number of hydrogen-bond donors (Lipinski definition) is 2. The number of anilines is 1. The van der Waals surface area contributed by atoms with E-state index in [1.165, 1.54) is 12.1 Å². The van der Waals surface area contributed by atoms with Gasteiger partial charge in [0.05, 0.1) is 15.5 Å². The molecule has 0 heterocycles. The summed E-state index contributed by atoms with van der Waals surface area (Å²) in [4.78, 5) is 11.8. The third kappa shape index (κ3) is 3.41. The SMILES string of the molecule is CC(C)(CCl)C(=O)Nc1cc(Cl)c(O)c(Cl)c1. The minimum absolute atomic E-state index is 0.0801. The normalized spacial score (nSPS) is 11.4. The van der Waals surface area contributed by atoms with Crippen LogP contribution in [0.5, 0.6) is 5.75 Å². The number of benzene rings is 1. The first-order valence-corrected chi connectivity index (χ1v) is 6.12. The minimum atomic E-state index is -0.696. The number of aromatic hydroxyl groups is 1. The summed E-state index contributed by atoms with van der Waals surface area (Å²) in [5.74, 6) is -0.258. The zero-order chi connectivity index (χ0) is 13.2. The molecule has 0 aromatic heterocycles. The molecule has 0 unspecified atom stereocenters. The van der Waals surface area contributed by atoms with Crippen molar-refractivity contribution in [3.63, 3.8) is 0 Å². The second kappa shape index (κ2) is 5.34. The van der Waals surface area contributed by atoms with Crippen molar-refractivity contribution in [3.8, 4) is 5.75 Å². The predicted molar refractivity (Wildman–Crippen MR) is 71.3 cm³/mol. The van der Waals surface area contributed by atoms with E-state index < -0.39 is 5.41 Å². The summed E-state index contributed by atoms with van der Waals surface area (Å²) < 4.78 is 0. The topological polar surface area (TPSA) is 49.3 Å². The average Bonchev–Trinajstić information content (AvgIpc) is 2.25. The van der Waals surface area contributed by atoms with Gasteiger partial charge in [-0.3, -0.25) is 4.79 Å². The molecule has 0 saturated heterocycles. The van der Waals surface area contributed by atoms with Gasteiger partial charge in [-0.05, 0) is 26.0 Å². The van der Waals surface area contributed by atoms with Crippen molar-refractivity contribution >= 4 is 46.4 Å². The number of amides is 1. The van der Waals surface area contributed by atoms with Crippen molar-refractivity contribution in [3.05, 3.63) is 22.2 Å². The molecule has 1 rings (SSSR count). The Bertz CT molecular complexity index is 423. The van der Waals surface area contributed by atoms with Crippen molar-refractivity contribution in [2.75, 3.05) is 11.2 Å². The molecule has 0 saturated carbocycles. The van der Waals surface area contributed by atoms with Gasteiger partial charge in [0.2, 0.25) is 5.91 Å². The molecule has 1 aromatic carbocycles. The first kappa shape index (κ1) is 14.4. The van der Waals surface area contributed by atoms with E-state index in [2.05, 4.69) is 5.32 Å². The molecule has 17 heavy (non-hydrogen) atoms. The van der Waals surface area contributed by atoms with Gasteiger partial charge in [-0.15, -0.1) is 11.6 Å². The number of rotatable bonds is 3. The molecule has 2 N–H and O–H groups in total. The second-order valence-electron chi connectivity index (χ2n) is 4.26. The highest BCUT2D eigenvalue weighted by atomic mass is 35.5. The van der Waals surface area contributed by atoms with Crippen LogP contribution in [-0.4, -0.2) is 16.9 Å². The third-order valence-corrected chi connectivity index (χ3v) is 3.47. The molecule has 0 fully saturated rings. The number of phenolic OH excluding ortho intramolecular Hbond substituents is 1. The zero-order valence-electron chi connectivity index (χ0n) is 9.35. The lowest BCUT2D eigenvalue weighted by Crippen LogP contribution is -2.32. The Morgan fingerprint density at radius 2 is 1.82 bits per heavy atom. The predicted octanol–water partition coefficient (Wildman–Crippen LogP) is 3.90. The van der Waals surface area contributed by atoms with Crippen LogP contribution in [0, 0.1) is 5.41 Å². The molecular weight excluding hydrogens is 284 g/mol. The largest absolute Gasteiger partial charge is 0.505 e. The Kier molecular flexibility index (Phi) is 4.53. The van der Waals surface area contributed by atoms with Gasteiger partial charge in [0, 0.05) is 11.6 Å². The monoisotopic (exact) mass is 295 g/mol. The minimum Gasteiger partial charge on any atom is -0.505 e. The molecule has 0 bridgehead atoms. The van der Waals surface area contributed by atoms with Gasteiger partial charge in [0.1, 0.15) is 0 Å². The maximum atomic E-state index is 11.8. The second-order valence-corrected chi connectivity index (χ2v) is 5.34. The Morgan fingerprint density at radius 3 is 2.24 bits per heavy atom. The summed E-state index contributed by atoms with van der Waals surface area (Å²) in [5.41, 5.74) is -0.278. The van der Waals surface area contributed by atoms with Crippen molar-refractivity contribution < 1.29 is 9.90 Å². The lowest BCUT2D eigenvalue weighted by atomic mass is 9.95. The van der Waals surface area contributed by atoms with Crippen LogP contribution in [0.1, 0.15) is 13.8 Å². The standard InChI is InChI=1S/C11H12Cl3NO2/c1-11(2,5-12)10(17)15-6-3-7(13)9(16)8(14)4-6/h3-4,16H,5H2,1-2H3,(H,15,17). The van der Waals surface area contributed by atoms with Crippen LogP contribution < -0.4 is 5.32 Å². The molecule has 3 nitrogen and oxygen atoms in total. The quantitative estimate of drug-likeness (QED) is 0.656. The number of halogens is 3. The van der Waals surface area contributed by atoms with Gasteiger partial charge in [0.25, 0.3) is 0 Å². The highest BCUT2D eigenvalue weighted by Gasteiger charge is 2.26. The molecule has 0 aliphatic rings. The number of carbonyl (C=O) groups excluding carboxylic acids is 1. The molecule has 1 aromatic rings. The Labute approximate surface area is 115 Å². The number of hydrogen-bond acceptors (Lipinski definition) is 2. The molecular formula is C11H12Cl3NO2. The summed E-state index contributed by atoms with van der Waals surface area (Å²) in [5, 5.41) is 12.2. The third-order valence-electron chi connectivity index (χ3n) is 2.22. The van der Waals surface area contributed by atoms with Crippen molar-refractivity contribution in [2.24, 2.45) is 5.41 Å². The fourth-order valence-corrected chi connectivity index (χ4v) is 1.61. The van der Waals surface area contributed by atoms with Crippen LogP contribution in [0.15, 0.2) is 12.1 Å². The highest BCUT2D eigenvalue weighted by molar-refractivity contribution is 6.37. The molecule has 94 valence electrons. The number of nitrogens with one attached hydrogen (secondary N) is 1. The van der Waals surface area contributed by atoms with Crippen molar-refractivity contribution in [2.45, 2.75) is 13.8 Å². The Balaban J connectivity index is 2.94. The summed E-state index contributed by atoms with van der Waals surface area (Å²) >= 11 is 17.2. The van der Waals surface area contributed by atoms with Crippen molar-refractivity contribution in [1.82, 2.24) is 0 Å². The maximum absolute atomic E-state index is 11.8. The van der Waals surface area contributed by atoms with Crippen LogP contribution in [0.2, 0.25) is 10.0 Å². The molecule has 6 heteroatoms. The van der Waals surface area contributed by atoms with E-state index in [-0.39, 0.29) is 27.6 Å². The summed E-state index contributed by atoms with van der Waals surface area (Å²) in [6, 6.07) is 2.84. The Hall–Kier alpha value is -0.640. The van der Waals surface area contributed by atoms with E-state index in [4.69, 9.17) is 34.8 Å². The van der Waals surface area contributed by atoms with Crippen LogP contribution in [-0.2, 0) is 4.79 Å². The van der Waals surface area contributed by atoms with E-state index in [0.717, 1.165) is 0 Å². The highest BCUT2D eigenvalue weighted by Crippen LogP contribution is 2.35. The van der Waals surface area contributed by atoms with E-state index in [9.17, 15) is 9.90 Å². The molecule has 0 atom stereocenters. The smallest absolute Gasteiger partial charge is 0.231 e. The average molecular weight is 297 g/mol. The number of phenols is 1. The summed E-state index contributed by atoms with van der Waals surface area (Å²) in [7, 11) is 0. The molecule has 1 amide bonds. The molecule has 0 radical (unpaired) electrons. The van der Waals surface area contributed by atoms with Gasteiger partial charge in [-0.25, -0.2) is 0 Å². The van der Waals surface area contributed by atoms with E-state index in [1.807, 2.05) is 0 Å². The first-order chi connectivity index (χ1) is 7.77. The van der Waals surface area contributed by atoms with Crippen LogP contribution >= 0.6 is 34.8 Å². The number of carbonyl (C=O) groups is 1. The summed E-state index contributed by atoms with van der Waals surface area (Å²) in [6.07, 6.45) is 0. The van der Waals surface area contributed by atoms with Gasteiger partial charge in [0.15, 0.2) is 5.75 Å². The Morgan fingerprint density at radius 1 is 1.35 bits per heavy atom. The fraction of sp³-hybridized carbons (Fsp3) is 0.364. The van der Waals surface area contributed by atoms with Gasteiger partial charge < -0.3 is 10.4 Å².